The van der Waals surface area contributed by atoms with Crippen LogP contribution >= 0.6 is 0 Å². The Labute approximate surface area is 241 Å². The molecular weight excluding hydrogens is 534 g/mol. The fourth-order valence-electron chi connectivity index (χ4n) is 6.27. The van der Waals surface area contributed by atoms with Gasteiger partial charge in [0.05, 0.1) is 12.5 Å². The van der Waals surface area contributed by atoms with Crippen molar-refractivity contribution in [1.29, 1.82) is 0 Å². The van der Waals surface area contributed by atoms with Crippen molar-refractivity contribution < 1.29 is 37.7 Å². The molecule has 1 unspecified atom stereocenters. The van der Waals surface area contributed by atoms with Gasteiger partial charge in [-0.15, -0.1) is 0 Å². The molecule has 1 amide bonds. The van der Waals surface area contributed by atoms with E-state index < -0.39 is 17.6 Å². The number of Topliss-reactive ketones (excluding diaryl/α,β-unsaturated/α-hetero) is 1. The summed E-state index contributed by atoms with van der Waals surface area (Å²) in [6.07, 6.45) is 9.47. The lowest BCUT2D eigenvalue weighted by Gasteiger charge is -2.34. The van der Waals surface area contributed by atoms with Gasteiger partial charge in [0.15, 0.2) is 17.4 Å². The number of ketones is 1. The van der Waals surface area contributed by atoms with Gasteiger partial charge in [-0.25, -0.2) is 8.78 Å². The second-order valence-electron chi connectivity index (χ2n) is 11.9. The van der Waals surface area contributed by atoms with Crippen LogP contribution in [0.1, 0.15) is 74.6 Å². The minimum atomic E-state index is -0.962. The van der Waals surface area contributed by atoms with Crippen LogP contribution in [0.25, 0.3) is 0 Å². The van der Waals surface area contributed by atoms with Crippen molar-refractivity contribution in [3.8, 4) is 0 Å². The Morgan fingerprint density at radius 3 is 2.07 bits per heavy atom. The third-order valence-electron chi connectivity index (χ3n) is 9.08. The van der Waals surface area contributed by atoms with Gasteiger partial charge in [-0.3, -0.25) is 14.4 Å². The highest BCUT2D eigenvalue weighted by Gasteiger charge is 2.29. The number of nitrogens with zero attached hydrogens (tertiary/aromatic N) is 1. The van der Waals surface area contributed by atoms with Crippen molar-refractivity contribution in [2.75, 3.05) is 46.1 Å². The zero-order valence-electron chi connectivity index (χ0n) is 23.8. The maximum absolute atomic E-state index is 13.5. The largest absolute Gasteiger partial charge is 0.481 e. The first-order valence-corrected chi connectivity index (χ1v) is 15.2. The molecule has 1 saturated carbocycles. The SMILES string of the molecule is O=C(NC1CCC(CCN2CCC(C(=O)c3ccc(F)c(F)c3)CC2)CC1)C1CCOCC1.O=C(O)C1CCOC1. The number of piperidine rings is 1. The molecule has 1 atom stereocenters. The second-order valence-corrected chi connectivity index (χ2v) is 11.9. The Kier molecular flexibility index (Phi) is 12.1. The lowest BCUT2D eigenvalue weighted by atomic mass is 9.83. The molecule has 0 radical (unpaired) electrons. The third-order valence-corrected chi connectivity index (χ3v) is 9.08. The van der Waals surface area contributed by atoms with Crippen LogP contribution in [-0.2, 0) is 19.1 Å². The third kappa shape index (κ3) is 9.54. The van der Waals surface area contributed by atoms with Crippen molar-refractivity contribution in [3.05, 3.63) is 35.4 Å². The highest BCUT2D eigenvalue weighted by Crippen LogP contribution is 2.29. The molecule has 2 N–H and O–H groups in total. The van der Waals surface area contributed by atoms with Crippen LogP contribution < -0.4 is 5.32 Å². The lowest BCUT2D eigenvalue weighted by molar-refractivity contribution is -0.141. The molecule has 4 aliphatic rings. The number of aliphatic carboxylic acids is 1. The zero-order chi connectivity index (χ0) is 29.2. The zero-order valence-corrected chi connectivity index (χ0v) is 23.8. The molecule has 0 spiro atoms. The van der Waals surface area contributed by atoms with Gasteiger partial charge in [0.1, 0.15) is 0 Å². The molecule has 1 aromatic rings. The number of benzene rings is 1. The summed E-state index contributed by atoms with van der Waals surface area (Å²) >= 11 is 0. The molecule has 4 fully saturated rings. The van der Waals surface area contributed by atoms with E-state index in [1.54, 1.807) is 0 Å². The summed E-state index contributed by atoms with van der Waals surface area (Å²) in [5.74, 6) is -2.01. The first-order chi connectivity index (χ1) is 19.8. The Morgan fingerprint density at radius 2 is 1.49 bits per heavy atom. The summed E-state index contributed by atoms with van der Waals surface area (Å²) in [5.41, 5.74) is 0.271. The van der Waals surface area contributed by atoms with E-state index >= 15 is 0 Å². The molecule has 1 aromatic carbocycles. The minimum absolute atomic E-state index is 0.0744. The number of carboxylic acid groups (broad SMARTS) is 1. The Balaban J connectivity index is 0.000000417. The molecule has 3 heterocycles. The average Bonchev–Trinajstić information content (AvgIpc) is 3.55. The molecule has 5 rings (SSSR count). The Bertz CT molecular complexity index is 1010. The maximum atomic E-state index is 13.5. The highest BCUT2D eigenvalue weighted by molar-refractivity contribution is 5.97. The van der Waals surface area contributed by atoms with Gasteiger partial charge in [-0.1, -0.05) is 0 Å². The van der Waals surface area contributed by atoms with Crippen LogP contribution in [0.5, 0.6) is 0 Å². The molecular formula is C31H44F2N2O6. The van der Waals surface area contributed by atoms with Gasteiger partial charge in [0, 0.05) is 43.3 Å². The summed E-state index contributed by atoms with van der Waals surface area (Å²) in [6, 6.07) is 3.75. The first-order valence-electron chi connectivity index (χ1n) is 15.2. The summed E-state index contributed by atoms with van der Waals surface area (Å²) in [7, 11) is 0. The van der Waals surface area contributed by atoms with Gasteiger partial charge >= 0.3 is 5.97 Å². The summed E-state index contributed by atoms with van der Waals surface area (Å²) in [6.45, 7) is 5.18. The van der Waals surface area contributed by atoms with Crippen LogP contribution in [0.3, 0.4) is 0 Å². The first kappa shape index (κ1) is 31.5. The number of likely N-dealkylation sites (tertiary alicyclic amines) is 1. The van der Waals surface area contributed by atoms with Crippen molar-refractivity contribution >= 4 is 17.7 Å². The predicted molar refractivity (Wildman–Crippen MR) is 148 cm³/mol. The number of ether oxygens (including phenoxy) is 2. The quantitative estimate of drug-likeness (QED) is 0.439. The average molecular weight is 579 g/mol. The molecule has 10 heteroatoms. The van der Waals surface area contributed by atoms with E-state index in [1.165, 1.54) is 6.07 Å². The number of carbonyl (C=O) groups is 3. The van der Waals surface area contributed by atoms with E-state index in [1.807, 2.05) is 0 Å². The van der Waals surface area contributed by atoms with E-state index in [0.29, 0.717) is 44.8 Å². The van der Waals surface area contributed by atoms with E-state index in [2.05, 4.69) is 10.2 Å². The van der Waals surface area contributed by atoms with E-state index in [4.69, 9.17) is 14.6 Å². The smallest absolute Gasteiger partial charge is 0.308 e. The lowest BCUT2D eigenvalue weighted by Crippen LogP contribution is -2.42. The molecule has 228 valence electrons. The number of hydrogen-bond acceptors (Lipinski definition) is 6. The van der Waals surface area contributed by atoms with E-state index in [9.17, 15) is 23.2 Å². The topological polar surface area (TPSA) is 105 Å². The van der Waals surface area contributed by atoms with Crippen LogP contribution in [0.15, 0.2) is 18.2 Å². The van der Waals surface area contributed by atoms with Crippen LogP contribution in [0, 0.1) is 35.3 Å². The molecule has 1 aliphatic carbocycles. The fourth-order valence-corrected chi connectivity index (χ4v) is 6.27. The van der Waals surface area contributed by atoms with Crippen LogP contribution in [0.4, 0.5) is 8.78 Å². The molecule has 3 aliphatic heterocycles. The van der Waals surface area contributed by atoms with Crippen molar-refractivity contribution in [3.63, 3.8) is 0 Å². The van der Waals surface area contributed by atoms with Gasteiger partial charge in [-0.05, 0) is 108 Å². The number of rotatable bonds is 8. The minimum Gasteiger partial charge on any atom is -0.481 e. The van der Waals surface area contributed by atoms with Crippen molar-refractivity contribution in [2.24, 2.45) is 23.7 Å². The summed E-state index contributed by atoms with van der Waals surface area (Å²) in [5, 5.41) is 11.6. The van der Waals surface area contributed by atoms with Crippen molar-refractivity contribution in [1.82, 2.24) is 10.2 Å². The van der Waals surface area contributed by atoms with Gasteiger partial charge in [-0.2, -0.15) is 0 Å². The molecule has 41 heavy (non-hydrogen) atoms. The monoisotopic (exact) mass is 578 g/mol. The Hall–Kier alpha value is -2.43. The van der Waals surface area contributed by atoms with E-state index in [0.717, 1.165) is 89.6 Å². The highest BCUT2D eigenvalue weighted by atomic mass is 19.2. The number of carboxylic acids is 1. The number of hydrogen-bond donors (Lipinski definition) is 2. The number of amides is 1. The van der Waals surface area contributed by atoms with Gasteiger partial charge < -0.3 is 24.8 Å². The molecule has 0 aromatic heterocycles. The maximum Gasteiger partial charge on any atom is 0.308 e. The van der Waals surface area contributed by atoms with Crippen molar-refractivity contribution in [2.45, 2.75) is 70.3 Å². The Morgan fingerprint density at radius 1 is 0.829 bits per heavy atom. The normalized spacial score (nSPS) is 26.1. The van der Waals surface area contributed by atoms with Gasteiger partial charge in [0.25, 0.3) is 0 Å². The number of halogens is 2. The molecule has 0 bridgehead atoms. The standard InChI is InChI=1S/C26H36F2N2O3.C5H8O3/c27-23-6-3-21(17-24(23)28)25(31)19-8-13-30(14-9-19)12-7-18-1-4-22(5-2-18)29-26(32)20-10-15-33-16-11-20;6-5(7)4-1-2-8-3-4/h3,6,17-20,22H,1-2,4-5,7-16H2,(H,29,32);4H,1-3H2,(H,6,7). The predicted octanol–water partition coefficient (Wildman–Crippen LogP) is 4.46. The summed E-state index contributed by atoms with van der Waals surface area (Å²) in [4.78, 5) is 37.6. The second kappa shape index (κ2) is 15.7. The summed E-state index contributed by atoms with van der Waals surface area (Å²) < 4.78 is 36.8. The fraction of sp³-hybridized carbons (Fsp3) is 0.710. The molecule has 3 saturated heterocycles. The number of nitrogens with one attached hydrogen (secondary N) is 1. The van der Waals surface area contributed by atoms with Gasteiger partial charge in [0.2, 0.25) is 5.91 Å². The van der Waals surface area contributed by atoms with Crippen LogP contribution in [-0.4, -0.2) is 79.8 Å². The molecule has 8 nitrogen and oxygen atoms in total. The number of carbonyl (C=O) groups excluding carboxylic acids is 2. The van der Waals surface area contributed by atoms with E-state index in [-0.39, 0.29) is 35.0 Å². The van der Waals surface area contributed by atoms with Crippen LogP contribution in [0.2, 0.25) is 0 Å².